The van der Waals surface area contributed by atoms with Crippen molar-refractivity contribution in [3.8, 4) is 5.75 Å². The first-order chi connectivity index (χ1) is 8.61. The minimum absolute atomic E-state index is 0.150. The fourth-order valence-electron chi connectivity index (χ4n) is 2.63. The molecule has 1 saturated heterocycles. The second-order valence-corrected chi connectivity index (χ2v) is 5.00. The van der Waals surface area contributed by atoms with E-state index in [1.54, 1.807) is 18.5 Å². The molecule has 2 aliphatic rings. The van der Waals surface area contributed by atoms with E-state index in [0.29, 0.717) is 25.3 Å². The molecule has 0 aliphatic carbocycles. The predicted molar refractivity (Wildman–Crippen MR) is 66.0 cm³/mol. The minimum Gasteiger partial charge on any atom is -0.476 e. The van der Waals surface area contributed by atoms with Gasteiger partial charge >= 0.3 is 0 Å². The molecule has 2 aliphatic heterocycles. The summed E-state index contributed by atoms with van der Waals surface area (Å²) in [6.45, 7) is 1.74. The largest absolute Gasteiger partial charge is 0.476 e. The minimum atomic E-state index is -0.837. The number of hydrogen-bond donors (Lipinski definition) is 0. The number of nitrogens with zero attached hydrogens (tertiary/aromatic N) is 3. The quantitative estimate of drug-likeness (QED) is 0.600. The fraction of sp³-hybridized carbons (Fsp3) is 0.500. The molecule has 92 valence electrons. The summed E-state index contributed by atoms with van der Waals surface area (Å²) in [4.78, 5) is 19.8. The van der Waals surface area contributed by atoms with Gasteiger partial charge in [-0.1, -0.05) is 0 Å². The van der Waals surface area contributed by atoms with Crippen molar-refractivity contribution in [3.63, 3.8) is 0 Å². The van der Waals surface area contributed by atoms with Crippen molar-refractivity contribution in [1.82, 2.24) is 14.7 Å². The predicted octanol–water partition coefficient (Wildman–Crippen LogP) is -0.0396. The molecule has 0 aromatic carbocycles. The highest BCUT2D eigenvalue weighted by molar-refractivity contribution is 6.16. The molecule has 1 atom stereocenters. The monoisotopic (exact) mass is 243 g/mol. The third kappa shape index (κ3) is 1.68. The lowest BCUT2D eigenvalue weighted by atomic mass is 9.99. The van der Waals surface area contributed by atoms with Gasteiger partial charge in [0.1, 0.15) is 5.75 Å². The Morgan fingerprint density at radius 2 is 2.39 bits per heavy atom. The van der Waals surface area contributed by atoms with Crippen LogP contribution in [0.3, 0.4) is 0 Å². The molecule has 3 heterocycles. The number of carbonyl (C=O) groups excluding carboxylic acids is 1. The first-order valence-corrected chi connectivity index (χ1v) is 5.98. The lowest BCUT2D eigenvalue weighted by Crippen LogP contribution is -2.52. The second kappa shape index (κ2) is 3.98. The Labute approximate surface area is 107 Å². The van der Waals surface area contributed by atoms with Crippen molar-refractivity contribution in [1.29, 1.82) is 0 Å². The molecule has 0 N–H and O–H groups in total. The van der Waals surface area contributed by atoms with E-state index in [1.165, 1.54) is 4.81 Å². The van der Waals surface area contributed by atoms with Crippen LogP contribution in [0.1, 0.15) is 12.0 Å². The first kappa shape index (κ1) is 11.5. The Kier molecular flexibility index (Phi) is 2.55. The third-order valence-corrected chi connectivity index (χ3v) is 3.58. The lowest BCUT2D eigenvalue weighted by Gasteiger charge is -2.29. The molecule has 3 rings (SSSR count). The maximum Gasteiger partial charge on any atom is 0.255 e. The summed E-state index contributed by atoms with van der Waals surface area (Å²) < 4.78 is 6.01. The molecule has 18 heavy (non-hydrogen) atoms. The standard InChI is InChI=1S/C12H14BN3O2/c1-15-5-3-12(8-15)11(17)16(13)7-9-6-14-4-2-10(9)18-12/h2,4,6H,3,5,7-8H2,1H3. The molecule has 0 bridgehead atoms. The van der Waals surface area contributed by atoms with E-state index in [1.807, 2.05) is 7.05 Å². The summed E-state index contributed by atoms with van der Waals surface area (Å²) in [5.41, 5.74) is 0.00982. The molecule has 0 saturated carbocycles. The van der Waals surface area contributed by atoms with Gasteiger partial charge in [-0.15, -0.1) is 0 Å². The highest BCUT2D eigenvalue weighted by Crippen LogP contribution is 2.34. The summed E-state index contributed by atoms with van der Waals surface area (Å²) in [7, 11) is 7.83. The highest BCUT2D eigenvalue weighted by Gasteiger charge is 2.48. The third-order valence-electron chi connectivity index (χ3n) is 3.58. The number of rotatable bonds is 0. The van der Waals surface area contributed by atoms with Crippen molar-refractivity contribution >= 4 is 13.9 Å². The van der Waals surface area contributed by atoms with Crippen molar-refractivity contribution < 1.29 is 9.53 Å². The van der Waals surface area contributed by atoms with Crippen molar-refractivity contribution in [2.24, 2.45) is 0 Å². The smallest absolute Gasteiger partial charge is 0.255 e. The Morgan fingerprint density at radius 1 is 1.56 bits per heavy atom. The maximum absolute atomic E-state index is 12.4. The molecule has 1 fully saturated rings. The van der Waals surface area contributed by atoms with E-state index in [4.69, 9.17) is 12.7 Å². The summed E-state index contributed by atoms with van der Waals surface area (Å²) in [6, 6.07) is 1.79. The van der Waals surface area contributed by atoms with Crippen LogP contribution < -0.4 is 4.74 Å². The first-order valence-electron chi connectivity index (χ1n) is 5.98. The molecular formula is C12H14BN3O2. The topological polar surface area (TPSA) is 45.7 Å². The van der Waals surface area contributed by atoms with Crippen LogP contribution in [0.25, 0.3) is 0 Å². The maximum atomic E-state index is 12.4. The number of likely N-dealkylation sites (tertiary alicyclic amines) is 1. The Bertz CT molecular complexity index is 496. The average molecular weight is 243 g/mol. The fourth-order valence-corrected chi connectivity index (χ4v) is 2.63. The SMILES string of the molecule is [B]N1Cc2cnccc2OC2(CCN(C)C2)C1=O. The van der Waals surface area contributed by atoms with Crippen molar-refractivity contribution in [2.75, 3.05) is 20.1 Å². The Balaban J connectivity index is 2.03. The lowest BCUT2D eigenvalue weighted by molar-refractivity contribution is -0.141. The number of likely N-dealkylation sites (N-methyl/N-ethyl adjacent to an activating group) is 1. The number of pyridine rings is 1. The second-order valence-electron chi connectivity index (χ2n) is 5.00. The van der Waals surface area contributed by atoms with Crippen molar-refractivity contribution in [2.45, 2.75) is 18.6 Å². The van der Waals surface area contributed by atoms with Gasteiger partial charge in [0.05, 0.1) is 0 Å². The van der Waals surface area contributed by atoms with Crippen LogP contribution in [-0.2, 0) is 11.3 Å². The van der Waals surface area contributed by atoms with Gasteiger partial charge in [0.2, 0.25) is 7.98 Å². The van der Waals surface area contributed by atoms with Crippen LogP contribution in [-0.4, -0.2) is 54.3 Å². The van der Waals surface area contributed by atoms with E-state index in [9.17, 15) is 4.79 Å². The van der Waals surface area contributed by atoms with Crippen LogP contribution in [0.4, 0.5) is 0 Å². The Hall–Kier alpha value is -1.56. The van der Waals surface area contributed by atoms with Crippen molar-refractivity contribution in [3.05, 3.63) is 24.0 Å². The van der Waals surface area contributed by atoms with Crippen LogP contribution >= 0.6 is 0 Å². The van der Waals surface area contributed by atoms with E-state index in [2.05, 4.69) is 9.88 Å². The van der Waals surface area contributed by atoms with Gasteiger partial charge in [0.15, 0.2) is 5.60 Å². The van der Waals surface area contributed by atoms with Gasteiger partial charge in [-0.2, -0.15) is 0 Å². The van der Waals surface area contributed by atoms with E-state index >= 15 is 0 Å². The average Bonchev–Trinajstić information content (AvgIpc) is 2.68. The van der Waals surface area contributed by atoms with Crippen LogP contribution in [0, 0.1) is 0 Å². The van der Waals surface area contributed by atoms with E-state index in [0.717, 1.165) is 12.1 Å². The molecule has 1 spiro atoms. The number of hydrogen-bond acceptors (Lipinski definition) is 4. The van der Waals surface area contributed by atoms with Crippen LogP contribution in [0.5, 0.6) is 5.75 Å². The molecule has 1 amide bonds. The summed E-state index contributed by atoms with van der Waals surface area (Å²) in [6.07, 6.45) is 4.03. The normalized spacial score (nSPS) is 28.1. The van der Waals surface area contributed by atoms with Gasteiger partial charge in [0.25, 0.3) is 5.91 Å². The highest BCUT2D eigenvalue weighted by atomic mass is 16.5. The zero-order chi connectivity index (χ0) is 12.8. The molecule has 5 nitrogen and oxygen atoms in total. The van der Waals surface area contributed by atoms with Gasteiger partial charge < -0.3 is 14.4 Å². The van der Waals surface area contributed by atoms with E-state index < -0.39 is 5.60 Å². The van der Waals surface area contributed by atoms with Crippen LogP contribution in [0.15, 0.2) is 18.5 Å². The van der Waals surface area contributed by atoms with Gasteiger partial charge in [0, 0.05) is 44.0 Å². The zero-order valence-corrected chi connectivity index (χ0v) is 10.3. The van der Waals surface area contributed by atoms with Gasteiger partial charge in [-0.25, -0.2) is 0 Å². The molecule has 1 aromatic heterocycles. The van der Waals surface area contributed by atoms with Crippen LogP contribution in [0.2, 0.25) is 0 Å². The molecular weight excluding hydrogens is 229 g/mol. The number of aromatic nitrogens is 1. The molecule has 2 radical (unpaired) electrons. The summed E-state index contributed by atoms with van der Waals surface area (Å²) >= 11 is 0. The molecule has 1 aromatic rings. The molecule has 6 heteroatoms. The number of carbonyl (C=O) groups is 1. The van der Waals surface area contributed by atoms with Gasteiger partial charge in [-0.3, -0.25) is 9.78 Å². The van der Waals surface area contributed by atoms with E-state index in [-0.39, 0.29) is 5.91 Å². The number of ether oxygens (including phenoxy) is 1. The Morgan fingerprint density at radius 3 is 3.11 bits per heavy atom. The summed E-state index contributed by atoms with van der Waals surface area (Å²) in [5.74, 6) is 0.560. The van der Waals surface area contributed by atoms with Gasteiger partial charge in [-0.05, 0) is 13.1 Å². The number of amides is 1. The number of fused-ring (bicyclic) bond motifs is 1. The zero-order valence-electron chi connectivity index (χ0n) is 10.3. The summed E-state index contributed by atoms with van der Waals surface area (Å²) in [5, 5.41) is 0. The molecule has 1 unspecified atom stereocenters.